The standard InChI is InChI=1S/C26H22BrNO4/c1-32-21-9-5-8-19(16-21)24(29)22-23(18-10-12-20(27)13-11-18)28(26(31)25(22)30)15-14-17-6-3-2-4-7-17/h2-13,16,23,29H,14-15H2,1H3. The molecule has 32 heavy (non-hydrogen) atoms. The van der Waals surface area contributed by atoms with Crippen molar-refractivity contribution in [1.82, 2.24) is 4.90 Å². The summed E-state index contributed by atoms with van der Waals surface area (Å²) in [6.07, 6.45) is 0.597. The van der Waals surface area contributed by atoms with Crippen LogP contribution in [0.1, 0.15) is 22.7 Å². The molecule has 1 aliphatic heterocycles. The number of hydrogen-bond acceptors (Lipinski definition) is 4. The number of halogens is 1. The summed E-state index contributed by atoms with van der Waals surface area (Å²) in [4.78, 5) is 27.7. The largest absolute Gasteiger partial charge is 0.507 e. The number of ketones is 1. The van der Waals surface area contributed by atoms with Gasteiger partial charge in [-0.05, 0) is 41.8 Å². The van der Waals surface area contributed by atoms with Gasteiger partial charge in [0, 0.05) is 16.6 Å². The summed E-state index contributed by atoms with van der Waals surface area (Å²) in [6.45, 7) is 0.351. The van der Waals surface area contributed by atoms with E-state index in [0.717, 1.165) is 15.6 Å². The number of carbonyl (C=O) groups excluding carboxylic acids is 2. The van der Waals surface area contributed by atoms with Gasteiger partial charge >= 0.3 is 0 Å². The summed E-state index contributed by atoms with van der Waals surface area (Å²) >= 11 is 3.43. The molecule has 0 aromatic heterocycles. The molecular weight excluding hydrogens is 470 g/mol. The van der Waals surface area contributed by atoms with Crippen molar-refractivity contribution in [1.29, 1.82) is 0 Å². The van der Waals surface area contributed by atoms with Gasteiger partial charge in [0.15, 0.2) is 0 Å². The highest BCUT2D eigenvalue weighted by Gasteiger charge is 2.45. The van der Waals surface area contributed by atoms with Gasteiger partial charge in [0.1, 0.15) is 11.5 Å². The van der Waals surface area contributed by atoms with Crippen LogP contribution in [0.25, 0.3) is 5.76 Å². The maximum Gasteiger partial charge on any atom is 0.295 e. The highest BCUT2D eigenvalue weighted by atomic mass is 79.9. The Bertz CT molecular complexity index is 1170. The van der Waals surface area contributed by atoms with E-state index in [0.29, 0.717) is 24.3 Å². The second-order valence-corrected chi connectivity index (χ2v) is 8.43. The number of amides is 1. The summed E-state index contributed by atoms with van der Waals surface area (Å²) in [5, 5.41) is 11.1. The predicted octanol–water partition coefficient (Wildman–Crippen LogP) is 5.12. The van der Waals surface area contributed by atoms with Crippen molar-refractivity contribution in [3.8, 4) is 5.75 Å². The maximum atomic E-state index is 13.1. The topological polar surface area (TPSA) is 66.8 Å². The van der Waals surface area contributed by atoms with E-state index in [-0.39, 0.29) is 11.3 Å². The summed E-state index contributed by atoms with van der Waals surface area (Å²) < 4.78 is 6.13. The molecule has 1 aliphatic rings. The number of ether oxygens (including phenoxy) is 1. The smallest absolute Gasteiger partial charge is 0.295 e. The SMILES string of the molecule is COc1cccc(C(O)=C2C(=O)C(=O)N(CCc3ccccc3)C2c2ccc(Br)cc2)c1. The third-order valence-electron chi connectivity index (χ3n) is 5.55. The van der Waals surface area contributed by atoms with E-state index in [9.17, 15) is 14.7 Å². The van der Waals surface area contributed by atoms with Crippen molar-refractivity contribution in [2.75, 3.05) is 13.7 Å². The molecule has 0 bridgehead atoms. The molecule has 1 unspecified atom stereocenters. The highest BCUT2D eigenvalue weighted by Crippen LogP contribution is 2.40. The number of Topliss-reactive ketones (excluding diaryl/α,β-unsaturated/α-hetero) is 1. The summed E-state index contributed by atoms with van der Waals surface area (Å²) in [5.74, 6) is -0.963. The lowest BCUT2D eigenvalue weighted by Gasteiger charge is -2.25. The molecule has 3 aromatic rings. The monoisotopic (exact) mass is 491 g/mol. The Morgan fingerprint density at radius 3 is 2.41 bits per heavy atom. The van der Waals surface area contributed by atoms with Gasteiger partial charge in [-0.2, -0.15) is 0 Å². The Morgan fingerprint density at radius 2 is 1.72 bits per heavy atom. The lowest BCUT2D eigenvalue weighted by molar-refractivity contribution is -0.139. The zero-order valence-electron chi connectivity index (χ0n) is 17.5. The second kappa shape index (κ2) is 9.40. The molecule has 4 rings (SSSR count). The molecule has 6 heteroatoms. The Kier molecular flexibility index (Phi) is 6.42. The third kappa shape index (κ3) is 4.32. The van der Waals surface area contributed by atoms with Gasteiger partial charge in [0.25, 0.3) is 11.7 Å². The van der Waals surface area contributed by atoms with Crippen LogP contribution in [0.3, 0.4) is 0 Å². The van der Waals surface area contributed by atoms with E-state index in [4.69, 9.17) is 4.74 Å². The van der Waals surface area contributed by atoms with Gasteiger partial charge in [-0.1, -0.05) is 70.5 Å². The fourth-order valence-electron chi connectivity index (χ4n) is 3.92. The summed E-state index contributed by atoms with van der Waals surface area (Å²) in [6, 6.07) is 23.4. The Labute approximate surface area is 195 Å². The minimum absolute atomic E-state index is 0.0821. The molecule has 0 radical (unpaired) electrons. The van der Waals surface area contributed by atoms with E-state index in [2.05, 4.69) is 15.9 Å². The molecule has 162 valence electrons. The van der Waals surface area contributed by atoms with Crippen LogP contribution in [0, 0.1) is 0 Å². The average Bonchev–Trinajstić information content (AvgIpc) is 3.08. The van der Waals surface area contributed by atoms with E-state index >= 15 is 0 Å². The van der Waals surface area contributed by atoms with Gasteiger partial charge in [-0.3, -0.25) is 9.59 Å². The molecular formula is C26H22BrNO4. The first-order valence-electron chi connectivity index (χ1n) is 10.2. The Balaban J connectivity index is 1.79. The minimum atomic E-state index is -0.689. The molecule has 1 saturated heterocycles. The molecule has 1 atom stereocenters. The van der Waals surface area contributed by atoms with E-state index < -0.39 is 17.7 Å². The number of benzene rings is 3. The lowest BCUT2D eigenvalue weighted by Crippen LogP contribution is -2.31. The van der Waals surface area contributed by atoms with Crippen molar-refractivity contribution < 1.29 is 19.4 Å². The van der Waals surface area contributed by atoms with Crippen LogP contribution in [-0.4, -0.2) is 35.4 Å². The average molecular weight is 492 g/mol. The molecule has 0 spiro atoms. The number of rotatable bonds is 6. The molecule has 1 heterocycles. The fraction of sp³-hybridized carbons (Fsp3) is 0.154. The molecule has 1 N–H and O–H groups in total. The quantitative estimate of drug-likeness (QED) is 0.295. The first-order chi connectivity index (χ1) is 15.5. The van der Waals surface area contributed by atoms with Gasteiger partial charge in [0.05, 0.1) is 18.7 Å². The van der Waals surface area contributed by atoms with Crippen LogP contribution in [-0.2, 0) is 16.0 Å². The highest BCUT2D eigenvalue weighted by molar-refractivity contribution is 9.10. The van der Waals surface area contributed by atoms with Gasteiger partial charge in [0.2, 0.25) is 0 Å². The van der Waals surface area contributed by atoms with E-state index in [1.165, 1.54) is 7.11 Å². The first kappa shape index (κ1) is 21.8. The lowest BCUT2D eigenvalue weighted by atomic mass is 9.95. The maximum absolute atomic E-state index is 13.1. The molecule has 0 saturated carbocycles. The summed E-state index contributed by atoms with van der Waals surface area (Å²) in [5.41, 5.74) is 2.33. The van der Waals surface area contributed by atoms with Crippen LogP contribution >= 0.6 is 15.9 Å². The van der Waals surface area contributed by atoms with Crippen molar-refractivity contribution in [3.63, 3.8) is 0 Å². The predicted molar refractivity (Wildman–Crippen MR) is 126 cm³/mol. The molecule has 5 nitrogen and oxygen atoms in total. The van der Waals surface area contributed by atoms with Gasteiger partial charge in [-0.25, -0.2) is 0 Å². The van der Waals surface area contributed by atoms with Crippen molar-refractivity contribution in [3.05, 3.63) is 106 Å². The van der Waals surface area contributed by atoms with Crippen LogP contribution in [0.2, 0.25) is 0 Å². The first-order valence-corrected chi connectivity index (χ1v) is 11.0. The fourth-order valence-corrected chi connectivity index (χ4v) is 4.19. The Hall–Kier alpha value is -3.38. The van der Waals surface area contributed by atoms with Gasteiger partial charge < -0.3 is 14.7 Å². The normalized spacial score (nSPS) is 17.6. The number of hydrogen-bond donors (Lipinski definition) is 1. The third-order valence-corrected chi connectivity index (χ3v) is 6.08. The molecule has 1 fully saturated rings. The number of aliphatic hydroxyl groups is 1. The Morgan fingerprint density at radius 1 is 1.00 bits per heavy atom. The zero-order chi connectivity index (χ0) is 22.7. The number of nitrogens with zero attached hydrogens (tertiary/aromatic N) is 1. The van der Waals surface area contributed by atoms with E-state index in [1.54, 1.807) is 29.2 Å². The minimum Gasteiger partial charge on any atom is -0.507 e. The van der Waals surface area contributed by atoms with Crippen LogP contribution in [0.4, 0.5) is 0 Å². The van der Waals surface area contributed by atoms with Crippen molar-refractivity contribution >= 4 is 33.4 Å². The number of likely N-dealkylation sites (tertiary alicyclic amines) is 1. The number of aliphatic hydroxyl groups excluding tert-OH is 1. The molecule has 1 amide bonds. The van der Waals surface area contributed by atoms with Crippen LogP contribution in [0.15, 0.2) is 88.9 Å². The van der Waals surface area contributed by atoms with Crippen molar-refractivity contribution in [2.45, 2.75) is 12.5 Å². The van der Waals surface area contributed by atoms with Crippen molar-refractivity contribution in [2.24, 2.45) is 0 Å². The molecule has 0 aliphatic carbocycles. The number of carbonyl (C=O) groups is 2. The van der Waals surface area contributed by atoms with Crippen LogP contribution in [0.5, 0.6) is 5.75 Å². The van der Waals surface area contributed by atoms with E-state index in [1.807, 2.05) is 54.6 Å². The summed E-state index contributed by atoms with van der Waals surface area (Å²) in [7, 11) is 1.53. The zero-order valence-corrected chi connectivity index (χ0v) is 19.1. The molecule has 3 aromatic carbocycles. The van der Waals surface area contributed by atoms with Crippen LogP contribution < -0.4 is 4.74 Å². The second-order valence-electron chi connectivity index (χ2n) is 7.51. The number of methoxy groups -OCH3 is 1. The van der Waals surface area contributed by atoms with Gasteiger partial charge in [-0.15, -0.1) is 0 Å².